The largest absolute Gasteiger partial charge is 0.494 e. The highest BCUT2D eigenvalue weighted by Crippen LogP contribution is 2.18. The summed E-state index contributed by atoms with van der Waals surface area (Å²) in [4.78, 5) is 12.7. The van der Waals surface area contributed by atoms with Crippen molar-refractivity contribution in [2.24, 2.45) is 0 Å². The summed E-state index contributed by atoms with van der Waals surface area (Å²) in [6.45, 7) is 5.96. The number of carbonyl (C=O) groups excluding carboxylic acids is 1. The van der Waals surface area contributed by atoms with Gasteiger partial charge in [0, 0.05) is 5.56 Å². The SMILES string of the molecule is CCCCCCCCCCCCCCCCOc1cccc(C(=O)/C=C/c2ccc(OCCCCCC)cc2)c1. The molecule has 2 aromatic rings. The van der Waals surface area contributed by atoms with E-state index in [0.29, 0.717) is 12.2 Å². The van der Waals surface area contributed by atoms with E-state index >= 15 is 0 Å². The van der Waals surface area contributed by atoms with Crippen LogP contribution >= 0.6 is 0 Å². The van der Waals surface area contributed by atoms with Crippen molar-refractivity contribution in [1.82, 2.24) is 0 Å². The minimum Gasteiger partial charge on any atom is -0.494 e. The molecule has 0 aliphatic carbocycles. The van der Waals surface area contributed by atoms with Crippen LogP contribution in [0.15, 0.2) is 54.6 Å². The normalized spacial score (nSPS) is 11.2. The van der Waals surface area contributed by atoms with Crippen molar-refractivity contribution < 1.29 is 14.3 Å². The molecule has 0 unspecified atom stereocenters. The molecule has 0 heterocycles. The first kappa shape index (κ1) is 33.7. The molecular formula is C37H56O3. The van der Waals surface area contributed by atoms with E-state index in [0.717, 1.165) is 36.5 Å². The summed E-state index contributed by atoms with van der Waals surface area (Å²) < 4.78 is 11.7. The molecule has 0 N–H and O–H groups in total. The number of ketones is 1. The molecule has 0 bridgehead atoms. The maximum Gasteiger partial charge on any atom is 0.185 e. The third-order valence-electron chi connectivity index (χ3n) is 7.46. The summed E-state index contributed by atoms with van der Waals surface area (Å²) in [5.41, 5.74) is 1.64. The maximum absolute atomic E-state index is 12.7. The van der Waals surface area contributed by atoms with Gasteiger partial charge in [0.05, 0.1) is 13.2 Å². The van der Waals surface area contributed by atoms with Gasteiger partial charge in [-0.3, -0.25) is 4.79 Å². The van der Waals surface area contributed by atoms with Gasteiger partial charge >= 0.3 is 0 Å². The highest BCUT2D eigenvalue weighted by atomic mass is 16.5. The zero-order chi connectivity index (χ0) is 28.5. The molecule has 222 valence electrons. The summed E-state index contributed by atoms with van der Waals surface area (Å²) in [7, 11) is 0. The zero-order valence-electron chi connectivity index (χ0n) is 25.6. The van der Waals surface area contributed by atoms with Crippen LogP contribution < -0.4 is 9.47 Å². The predicted octanol–water partition coefficient (Wildman–Crippen LogP) is 11.4. The molecule has 0 fully saturated rings. The average Bonchev–Trinajstić information content (AvgIpc) is 2.98. The zero-order valence-corrected chi connectivity index (χ0v) is 25.6. The Morgan fingerprint density at radius 1 is 0.575 bits per heavy atom. The van der Waals surface area contributed by atoms with Crippen LogP contribution in [0, 0.1) is 0 Å². The van der Waals surface area contributed by atoms with Gasteiger partial charge in [-0.1, -0.05) is 147 Å². The van der Waals surface area contributed by atoms with Crippen LogP contribution in [0.1, 0.15) is 145 Å². The number of hydrogen-bond donors (Lipinski definition) is 0. The van der Waals surface area contributed by atoms with Crippen LogP contribution in [0.25, 0.3) is 6.08 Å². The van der Waals surface area contributed by atoms with E-state index in [-0.39, 0.29) is 5.78 Å². The maximum atomic E-state index is 12.7. The molecule has 0 atom stereocenters. The molecule has 0 saturated carbocycles. The second-order valence-corrected chi connectivity index (χ2v) is 11.1. The van der Waals surface area contributed by atoms with Crippen LogP contribution in [0.2, 0.25) is 0 Å². The summed E-state index contributed by atoms with van der Waals surface area (Å²) in [6.07, 6.45) is 27.2. The van der Waals surface area contributed by atoms with Crippen molar-refractivity contribution in [2.45, 2.75) is 129 Å². The van der Waals surface area contributed by atoms with E-state index < -0.39 is 0 Å². The van der Waals surface area contributed by atoms with Crippen LogP contribution in [0.3, 0.4) is 0 Å². The Bertz CT molecular complexity index is 915. The van der Waals surface area contributed by atoms with Gasteiger partial charge < -0.3 is 9.47 Å². The smallest absolute Gasteiger partial charge is 0.185 e. The second kappa shape index (κ2) is 23.2. The number of allylic oxidation sites excluding steroid dienone is 1. The number of carbonyl (C=O) groups is 1. The molecule has 0 radical (unpaired) electrons. The minimum absolute atomic E-state index is 0.0156. The quantitative estimate of drug-likeness (QED) is 0.0703. The van der Waals surface area contributed by atoms with Crippen molar-refractivity contribution in [1.29, 1.82) is 0 Å². The molecule has 0 aliphatic rings. The van der Waals surface area contributed by atoms with Crippen molar-refractivity contribution in [3.63, 3.8) is 0 Å². The Morgan fingerprint density at radius 3 is 1.60 bits per heavy atom. The molecule has 0 saturated heterocycles. The van der Waals surface area contributed by atoms with Crippen LogP contribution in [-0.2, 0) is 0 Å². The van der Waals surface area contributed by atoms with Gasteiger partial charge in [-0.05, 0) is 48.7 Å². The highest BCUT2D eigenvalue weighted by molar-refractivity contribution is 6.07. The standard InChI is InChI=1S/C37H56O3/c1-3-5-7-9-10-11-12-13-14-15-16-17-18-20-31-40-36-23-21-22-34(32-36)37(38)29-26-33-24-27-35(28-25-33)39-30-19-8-6-4-2/h21-29,32H,3-20,30-31H2,1-2H3/b29-26+. The Hall–Kier alpha value is -2.55. The lowest BCUT2D eigenvalue weighted by Crippen LogP contribution is -2.00. The lowest BCUT2D eigenvalue weighted by Gasteiger charge is -2.07. The first-order chi connectivity index (χ1) is 19.7. The van der Waals surface area contributed by atoms with E-state index in [1.165, 1.54) is 103 Å². The summed E-state index contributed by atoms with van der Waals surface area (Å²) >= 11 is 0. The van der Waals surface area contributed by atoms with Gasteiger partial charge in [-0.15, -0.1) is 0 Å². The Kier molecular flexibility index (Phi) is 19.5. The average molecular weight is 549 g/mol. The molecule has 40 heavy (non-hydrogen) atoms. The summed E-state index contributed by atoms with van der Waals surface area (Å²) in [6, 6.07) is 15.4. The van der Waals surface area contributed by atoms with Gasteiger partial charge in [-0.2, -0.15) is 0 Å². The van der Waals surface area contributed by atoms with Gasteiger partial charge in [0.2, 0.25) is 0 Å². The molecule has 0 amide bonds. The number of ether oxygens (including phenoxy) is 2. The lowest BCUT2D eigenvalue weighted by molar-refractivity contribution is 0.104. The van der Waals surface area contributed by atoms with Crippen LogP contribution in [0.4, 0.5) is 0 Å². The van der Waals surface area contributed by atoms with E-state index in [1.807, 2.05) is 54.6 Å². The number of rotatable bonds is 25. The fraction of sp³-hybridized carbons (Fsp3) is 0.595. The lowest BCUT2D eigenvalue weighted by atomic mass is 10.0. The van der Waals surface area contributed by atoms with Crippen LogP contribution in [0.5, 0.6) is 11.5 Å². The molecule has 0 aliphatic heterocycles. The first-order valence-electron chi connectivity index (χ1n) is 16.4. The van der Waals surface area contributed by atoms with E-state index in [4.69, 9.17) is 9.47 Å². The van der Waals surface area contributed by atoms with Gasteiger partial charge in [0.1, 0.15) is 11.5 Å². The number of unbranched alkanes of at least 4 members (excludes halogenated alkanes) is 16. The van der Waals surface area contributed by atoms with Crippen molar-refractivity contribution in [3.05, 3.63) is 65.7 Å². The molecule has 3 nitrogen and oxygen atoms in total. The third-order valence-corrected chi connectivity index (χ3v) is 7.46. The summed E-state index contributed by atoms with van der Waals surface area (Å²) in [5, 5.41) is 0. The molecule has 0 aromatic heterocycles. The fourth-order valence-corrected chi connectivity index (χ4v) is 4.89. The van der Waals surface area contributed by atoms with E-state index in [2.05, 4.69) is 13.8 Å². The van der Waals surface area contributed by atoms with Crippen molar-refractivity contribution >= 4 is 11.9 Å². The minimum atomic E-state index is -0.0156. The van der Waals surface area contributed by atoms with Crippen LogP contribution in [-0.4, -0.2) is 19.0 Å². The molecule has 3 heteroatoms. The Labute approximate surface area is 245 Å². The molecule has 0 spiro atoms. The summed E-state index contributed by atoms with van der Waals surface area (Å²) in [5.74, 6) is 1.64. The topological polar surface area (TPSA) is 35.5 Å². The van der Waals surface area contributed by atoms with Gasteiger partial charge in [-0.25, -0.2) is 0 Å². The monoisotopic (exact) mass is 548 g/mol. The number of benzene rings is 2. The number of hydrogen-bond acceptors (Lipinski definition) is 3. The predicted molar refractivity (Wildman–Crippen MR) is 172 cm³/mol. The highest BCUT2D eigenvalue weighted by Gasteiger charge is 2.04. The molecule has 2 aromatic carbocycles. The Morgan fingerprint density at radius 2 is 1.05 bits per heavy atom. The van der Waals surface area contributed by atoms with Gasteiger partial charge in [0.25, 0.3) is 0 Å². The fourth-order valence-electron chi connectivity index (χ4n) is 4.89. The molecule has 2 rings (SSSR count). The van der Waals surface area contributed by atoms with Crippen molar-refractivity contribution in [3.8, 4) is 11.5 Å². The van der Waals surface area contributed by atoms with Crippen molar-refractivity contribution in [2.75, 3.05) is 13.2 Å². The van der Waals surface area contributed by atoms with Gasteiger partial charge in [0.15, 0.2) is 5.78 Å². The second-order valence-electron chi connectivity index (χ2n) is 11.1. The third kappa shape index (κ3) is 16.5. The first-order valence-corrected chi connectivity index (χ1v) is 16.4. The van der Waals surface area contributed by atoms with E-state index in [9.17, 15) is 4.79 Å². The Balaban J connectivity index is 1.55. The molecular weight excluding hydrogens is 492 g/mol. The van der Waals surface area contributed by atoms with E-state index in [1.54, 1.807) is 6.08 Å².